The van der Waals surface area contributed by atoms with E-state index in [1.54, 1.807) is 0 Å². The van der Waals surface area contributed by atoms with Crippen molar-refractivity contribution in [2.24, 2.45) is 0 Å². The maximum absolute atomic E-state index is 12.9. The van der Waals surface area contributed by atoms with Crippen molar-refractivity contribution in [3.8, 4) is 0 Å². The van der Waals surface area contributed by atoms with E-state index in [4.69, 9.17) is 9.47 Å². The van der Waals surface area contributed by atoms with E-state index in [0.717, 1.165) is 14.9 Å². The number of aryl methyl sites for hydroxylation is 1. The van der Waals surface area contributed by atoms with E-state index in [-0.39, 0.29) is 36.0 Å². The predicted octanol–water partition coefficient (Wildman–Crippen LogP) is 4.69. The van der Waals surface area contributed by atoms with Gasteiger partial charge < -0.3 is 14.4 Å². The average molecular weight is 523 g/mol. The lowest BCUT2D eigenvalue weighted by Crippen LogP contribution is -2.54. The fourth-order valence-corrected chi connectivity index (χ4v) is 3.82. The number of amides is 2. The van der Waals surface area contributed by atoms with Crippen molar-refractivity contribution in [2.75, 3.05) is 25.1 Å². The second kappa shape index (κ2) is 9.81. The third kappa shape index (κ3) is 6.06. The standard InChI is InChI=1S/C18H18BrF3N4O4S/c1-25-9-8-13(26(16(25)27)15-24-23-14(31-15)18(20,21)22)30-17(28)29-10-2-3-11-4-6-12(19)7-5-11/h4-7,13H,2-3,8-10H2,1H3. The van der Waals surface area contributed by atoms with Crippen molar-refractivity contribution in [2.45, 2.75) is 31.7 Å². The highest BCUT2D eigenvalue weighted by molar-refractivity contribution is 9.10. The Labute approximate surface area is 188 Å². The van der Waals surface area contributed by atoms with Crippen LogP contribution in [0.4, 0.5) is 27.9 Å². The number of benzene rings is 1. The molecule has 0 radical (unpaired) electrons. The zero-order valence-corrected chi connectivity index (χ0v) is 18.7. The first-order chi connectivity index (χ1) is 14.6. The number of carbonyl (C=O) groups excluding carboxylic acids is 2. The molecule has 8 nitrogen and oxygen atoms in total. The summed E-state index contributed by atoms with van der Waals surface area (Å²) in [4.78, 5) is 26.8. The molecule has 0 N–H and O–H groups in total. The summed E-state index contributed by atoms with van der Waals surface area (Å²) in [7, 11) is 1.48. The highest BCUT2D eigenvalue weighted by atomic mass is 79.9. The molecule has 0 spiro atoms. The van der Waals surface area contributed by atoms with E-state index in [9.17, 15) is 22.8 Å². The van der Waals surface area contributed by atoms with Crippen LogP contribution in [0.1, 0.15) is 23.4 Å². The van der Waals surface area contributed by atoms with Crippen molar-refractivity contribution >= 4 is 44.6 Å². The molecule has 2 heterocycles. The number of nitrogens with zero attached hydrogens (tertiary/aromatic N) is 4. The summed E-state index contributed by atoms with van der Waals surface area (Å²) >= 11 is 3.55. The summed E-state index contributed by atoms with van der Waals surface area (Å²) in [5.41, 5.74) is 1.07. The Morgan fingerprint density at radius 3 is 2.65 bits per heavy atom. The van der Waals surface area contributed by atoms with Crippen LogP contribution in [0, 0.1) is 0 Å². The van der Waals surface area contributed by atoms with E-state index >= 15 is 0 Å². The van der Waals surface area contributed by atoms with Crippen LogP contribution in [-0.2, 0) is 22.1 Å². The fraction of sp³-hybridized carbons (Fsp3) is 0.444. The second-order valence-electron chi connectivity index (χ2n) is 6.65. The summed E-state index contributed by atoms with van der Waals surface area (Å²) in [6, 6.07) is 7.06. The van der Waals surface area contributed by atoms with Gasteiger partial charge in [0, 0.05) is 24.5 Å². The molecule has 168 valence electrons. The Balaban J connectivity index is 1.57. The van der Waals surface area contributed by atoms with Crippen LogP contribution in [-0.4, -0.2) is 53.7 Å². The van der Waals surface area contributed by atoms with E-state index in [0.29, 0.717) is 12.8 Å². The molecule has 1 aliphatic heterocycles. The lowest BCUT2D eigenvalue weighted by atomic mass is 10.1. The Morgan fingerprint density at radius 2 is 2.00 bits per heavy atom. The molecule has 13 heteroatoms. The molecule has 1 saturated heterocycles. The maximum atomic E-state index is 12.9. The van der Waals surface area contributed by atoms with Gasteiger partial charge in [0.25, 0.3) is 0 Å². The molecule has 0 bridgehead atoms. The van der Waals surface area contributed by atoms with Crippen LogP contribution in [0.2, 0.25) is 0 Å². The van der Waals surface area contributed by atoms with Crippen LogP contribution < -0.4 is 4.90 Å². The fourth-order valence-electron chi connectivity index (χ4n) is 2.81. The zero-order valence-electron chi connectivity index (χ0n) is 16.3. The van der Waals surface area contributed by atoms with Gasteiger partial charge in [-0.05, 0) is 30.5 Å². The predicted molar refractivity (Wildman–Crippen MR) is 109 cm³/mol. The summed E-state index contributed by atoms with van der Waals surface area (Å²) in [6.45, 7) is 0.342. The summed E-state index contributed by atoms with van der Waals surface area (Å²) in [5.74, 6) is 0. The largest absolute Gasteiger partial charge is 0.510 e. The summed E-state index contributed by atoms with van der Waals surface area (Å²) in [5, 5.41) is 5.04. The van der Waals surface area contributed by atoms with E-state index in [1.807, 2.05) is 24.3 Å². The van der Waals surface area contributed by atoms with Gasteiger partial charge in [0.15, 0.2) is 6.23 Å². The molecular formula is C18H18BrF3N4O4S. The molecule has 1 aromatic carbocycles. The van der Waals surface area contributed by atoms with Gasteiger partial charge in [-0.2, -0.15) is 13.2 Å². The monoisotopic (exact) mass is 522 g/mol. The molecule has 1 aromatic heterocycles. The van der Waals surface area contributed by atoms with Gasteiger partial charge in [-0.15, -0.1) is 10.2 Å². The number of ether oxygens (including phenoxy) is 2. The van der Waals surface area contributed by atoms with Crippen LogP contribution in [0.15, 0.2) is 28.7 Å². The number of aromatic nitrogens is 2. The number of hydrogen-bond acceptors (Lipinski definition) is 7. The molecule has 1 unspecified atom stereocenters. The van der Waals surface area contributed by atoms with Crippen molar-refractivity contribution in [3.05, 3.63) is 39.3 Å². The lowest BCUT2D eigenvalue weighted by Gasteiger charge is -2.36. The first-order valence-electron chi connectivity index (χ1n) is 9.18. The molecule has 1 atom stereocenters. The molecular weight excluding hydrogens is 505 g/mol. The lowest BCUT2D eigenvalue weighted by molar-refractivity contribution is -0.138. The highest BCUT2D eigenvalue weighted by Crippen LogP contribution is 2.36. The average Bonchev–Trinajstić information content (AvgIpc) is 3.20. The first-order valence-corrected chi connectivity index (χ1v) is 10.8. The minimum Gasteiger partial charge on any atom is -0.434 e. The molecule has 1 aliphatic rings. The van der Waals surface area contributed by atoms with Gasteiger partial charge in [0.05, 0.1) is 6.61 Å². The van der Waals surface area contributed by atoms with Crippen molar-refractivity contribution in [3.63, 3.8) is 0 Å². The van der Waals surface area contributed by atoms with E-state index in [1.165, 1.54) is 11.9 Å². The normalized spacial score (nSPS) is 17.1. The van der Waals surface area contributed by atoms with Gasteiger partial charge >= 0.3 is 18.4 Å². The van der Waals surface area contributed by atoms with E-state index in [2.05, 4.69) is 26.1 Å². The minimum absolute atomic E-state index is 0.0898. The number of carbonyl (C=O) groups is 2. The maximum Gasteiger partial charge on any atom is 0.510 e. The highest BCUT2D eigenvalue weighted by Gasteiger charge is 2.41. The van der Waals surface area contributed by atoms with Crippen LogP contribution in [0.25, 0.3) is 0 Å². The zero-order chi connectivity index (χ0) is 22.6. The number of rotatable bonds is 6. The number of hydrogen-bond donors (Lipinski definition) is 0. The molecule has 0 aliphatic carbocycles. The molecule has 2 aromatic rings. The molecule has 1 fully saturated rings. The summed E-state index contributed by atoms with van der Waals surface area (Å²) < 4.78 is 49.8. The van der Waals surface area contributed by atoms with Gasteiger partial charge in [0.1, 0.15) is 0 Å². The molecule has 0 saturated carbocycles. The quantitative estimate of drug-likeness (QED) is 0.404. The van der Waals surface area contributed by atoms with Gasteiger partial charge in [0.2, 0.25) is 10.1 Å². The third-order valence-corrected chi connectivity index (χ3v) is 5.87. The van der Waals surface area contributed by atoms with Gasteiger partial charge in [-0.1, -0.05) is 39.4 Å². The van der Waals surface area contributed by atoms with Crippen molar-refractivity contribution in [1.82, 2.24) is 15.1 Å². The second-order valence-corrected chi connectivity index (χ2v) is 8.52. The smallest absolute Gasteiger partial charge is 0.434 e. The molecule has 31 heavy (non-hydrogen) atoms. The van der Waals surface area contributed by atoms with Crippen LogP contribution in [0.3, 0.4) is 0 Å². The Kier molecular flexibility index (Phi) is 7.36. The number of alkyl halides is 3. The Morgan fingerprint density at radius 1 is 1.29 bits per heavy atom. The SMILES string of the molecule is CN1CCC(OC(=O)OCCCc2ccc(Br)cc2)N(c2nnc(C(F)(F)F)s2)C1=O. The minimum atomic E-state index is -4.69. The molecule has 3 rings (SSSR count). The molecule has 2 amide bonds. The third-order valence-electron chi connectivity index (χ3n) is 4.37. The Hall–Kier alpha value is -2.41. The topological polar surface area (TPSA) is 84.9 Å². The van der Waals surface area contributed by atoms with Gasteiger partial charge in [-0.3, -0.25) is 0 Å². The van der Waals surface area contributed by atoms with Gasteiger partial charge in [-0.25, -0.2) is 14.5 Å². The van der Waals surface area contributed by atoms with Crippen LogP contribution >= 0.6 is 27.3 Å². The Bertz CT molecular complexity index is 925. The summed E-state index contributed by atoms with van der Waals surface area (Å²) in [6.07, 6.45) is -5.43. The van der Waals surface area contributed by atoms with E-state index < -0.39 is 29.6 Å². The number of halogens is 4. The van der Waals surface area contributed by atoms with Crippen LogP contribution in [0.5, 0.6) is 0 Å². The number of urea groups is 1. The number of anilines is 1. The van der Waals surface area contributed by atoms with Crippen molar-refractivity contribution in [1.29, 1.82) is 0 Å². The first kappa shape index (κ1) is 23.3. The van der Waals surface area contributed by atoms with Crippen molar-refractivity contribution < 1.29 is 32.2 Å².